The van der Waals surface area contributed by atoms with E-state index in [0.29, 0.717) is 11.6 Å². The van der Waals surface area contributed by atoms with Crippen molar-refractivity contribution in [2.45, 2.75) is 26.3 Å². The molecule has 1 unspecified atom stereocenters. The summed E-state index contributed by atoms with van der Waals surface area (Å²) in [4.78, 5) is 15.9. The second kappa shape index (κ2) is 5.61. The Bertz CT molecular complexity index is 473. The topological polar surface area (TPSA) is 43.8 Å². The van der Waals surface area contributed by atoms with Crippen LogP contribution in [0.5, 0.6) is 0 Å². The Morgan fingerprint density at radius 2 is 2.16 bits per heavy atom. The van der Waals surface area contributed by atoms with Crippen molar-refractivity contribution in [3.8, 4) is 0 Å². The molecule has 1 atom stereocenters. The number of benzene rings is 1. The van der Waals surface area contributed by atoms with Crippen molar-refractivity contribution in [1.29, 1.82) is 0 Å². The first-order valence-electron chi connectivity index (χ1n) is 6.82. The fourth-order valence-corrected chi connectivity index (χ4v) is 2.69. The summed E-state index contributed by atoms with van der Waals surface area (Å²) >= 11 is 0. The molecule has 0 aromatic heterocycles. The molecule has 0 saturated carbocycles. The van der Waals surface area contributed by atoms with Crippen molar-refractivity contribution < 1.29 is 9.90 Å². The molecule has 1 heterocycles. The first-order chi connectivity index (χ1) is 9.02. The molecule has 0 bridgehead atoms. The molecule has 2 rings (SSSR count). The summed E-state index contributed by atoms with van der Waals surface area (Å²) in [7, 11) is 2.14. The summed E-state index contributed by atoms with van der Waals surface area (Å²) in [6.07, 6.45) is 1.08. The Balaban J connectivity index is 2.31. The van der Waals surface area contributed by atoms with Crippen molar-refractivity contribution in [2.75, 3.05) is 31.6 Å². The Morgan fingerprint density at radius 1 is 1.42 bits per heavy atom. The van der Waals surface area contributed by atoms with Crippen LogP contribution < -0.4 is 4.90 Å². The van der Waals surface area contributed by atoms with Gasteiger partial charge in [0, 0.05) is 25.7 Å². The van der Waals surface area contributed by atoms with Crippen LogP contribution in [0.3, 0.4) is 0 Å². The van der Waals surface area contributed by atoms with Crippen LogP contribution in [0.1, 0.15) is 29.3 Å². The van der Waals surface area contributed by atoms with E-state index < -0.39 is 5.97 Å². The molecule has 0 aliphatic carbocycles. The lowest BCUT2D eigenvalue weighted by atomic mass is 10.0. The van der Waals surface area contributed by atoms with Gasteiger partial charge in [0.1, 0.15) is 0 Å². The maximum atomic E-state index is 11.4. The zero-order valence-corrected chi connectivity index (χ0v) is 11.9. The second-order valence-corrected chi connectivity index (χ2v) is 5.31. The van der Waals surface area contributed by atoms with E-state index in [4.69, 9.17) is 0 Å². The molecule has 1 aromatic rings. The first-order valence-corrected chi connectivity index (χ1v) is 6.82. The third kappa shape index (κ3) is 2.89. The van der Waals surface area contributed by atoms with Crippen LogP contribution in [0.15, 0.2) is 18.2 Å². The second-order valence-electron chi connectivity index (χ2n) is 5.31. The van der Waals surface area contributed by atoms with Gasteiger partial charge in [0.05, 0.1) is 11.3 Å². The zero-order valence-electron chi connectivity index (χ0n) is 11.9. The Morgan fingerprint density at radius 3 is 2.79 bits per heavy atom. The first kappa shape index (κ1) is 13.9. The molecular formula is C15H22N2O2. The maximum Gasteiger partial charge on any atom is 0.337 e. The lowest BCUT2D eigenvalue weighted by Crippen LogP contribution is -2.51. The Hall–Kier alpha value is -1.55. The van der Waals surface area contributed by atoms with Crippen LogP contribution in [-0.2, 0) is 0 Å². The molecule has 4 heteroatoms. The summed E-state index contributed by atoms with van der Waals surface area (Å²) in [5, 5.41) is 9.33. The van der Waals surface area contributed by atoms with E-state index in [-0.39, 0.29) is 0 Å². The third-order valence-electron chi connectivity index (χ3n) is 3.97. The van der Waals surface area contributed by atoms with Gasteiger partial charge in [0.2, 0.25) is 0 Å². The fraction of sp³-hybridized carbons (Fsp3) is 0.533. The van der Waals surface area contributed by atoms with Crippen molar-refractivity contribution in [3.05, 3.63) is 29.3 Å². The number of aromatic carboxylic acids is 1. The van der Waals surface area contributed by atoms with E-state index in [1.807, 2.05) is 19.1 Å². The Kier molecular flexibility index (Phi) is 4.10. The van der Waals surface area contributed by atoms with Crippen molar-refractivity contribution >= 4 is 11.7 Å². The van der Waals surface area contributed by atoms with E-state index in [2.05, 4.69) is 23.8 Å². The number of hydrogen-bond donors (Lipinski definition) is 1. The highest BCUT2D eigenvalue weighted by atomic mass is 16.4. The summed E-state index contributed by atoms with van der Waals surface area (Å²) < 4.78 is 0. The Labute approximate surface area is 114 Å². The minimum absolute atomic E-state index is 0.407. The molecule has 0 amide bonds. The van der Waals surface area contributed by atoms with Gasteiger partial charge >= 0.3 is 5.97 Å². The predicted octanol–water partition coefficient (Wildman–Crippen LogP) is 2.22. The van der Waals surface area contributed by atoms with Crippen LogP contribution in [0.4, 0.5) is 5.69 Å². The van der Waals surface area contributed by atoms with Crippen molar-refractivity contribution in [1.82, 2.24) is 4.90 Å². The quantitative estimate of drug-likeness (QED) is 0.907. The lowest BCUT2D eigenvalue weighted by Gasteiger charge is -2.40. The standard InChI is InChI=1S/C15H22N2O2/c1-4-12-10-17(8-7-16(12)3)14-9-11(2)5-6-13(14)15(18)19/h5-6,9,12H,4,7-8,10H2,1-3H3,(H,18,19). The van der Waals surface area contributed by atoms with E-state index in [0.717, 1.165) is 37.3 Å². The number of aryl methyl sites for hydroxylation is 1. The molecule has 0 radical (unpaired) electrons. The van der Waals surface area contributed by atoms with Crippen LogP contribution >= 0.6 is 0 Å². The van der Waals surface area contributed by atoms with E-state index in [9.17, 15) is 9.90 Å². The molecule has 1 aromatic carbocycles. The largest absolute Gasteiger partial charge is 0.478 e. The normalized spacial score (nSPS) is 20.6. The summed E-state index contributed by atoms with van der Waals surface area (Å²) in [5.74, 6) is -0.845. The number of carboxylic acid groups (broad SMARTS) is 1. The molecule has 1 fully saturated rings. The van der Waals surface area contributed by atoms with Gasteiger partial charge in [-0.15, -0.1) is 0 Å². The molecule has 1 aliphatic heterocycles. The molecule has 0 spiro atoms. The van der Waals surface area contributed by atoms with Gasteiger partial charge in [0.25, 0.3) is 0 Å². The van der Waals surface area contributed by atoms with Crippen LogP contribution in [0, 0.1) is 6.92 Å². The van der Waals surface area contributed by atoms with Gasteiger partial charge in [0.15, 0.2) is 0 Å². The highest BCUT2D eigenvalue weighted by molar-refractivity contribution is 5.94. The number of nitrogens with zero attached hydrogens (tertiary/aromatic N) is 2. The van der Waals surface area contributed by atoms with Crippen molar-refractivity contribution in [2.24, 2.45) is 0 Å². The van der Waals surface area contributed by atoms with Crippen LogP contribution in [0.2, 0.25) is 0 Å². The van der Waals surface area contributed by atoms with Crippen molar-refractivity contribution in [3.63, 3.8) is 0 Å². The van der Waals surface area contributed by atoms with E-state index in [1.54, 1.807) is 6.07 Å². The summed E-state index contributed by atoms with van der Waals surface area (Å²) in [6, 6.07) is 6.06. The minimum atomic E-state index is -0.845. The number of piperazine rings is 1. The maximum absolute atomic E-state index is 11.4. The number of rotatable bonds is 3. The molecule has 4 nitrogen and oxygen atoms in total. The third-order valence-corrected chi connectivity index (χ3v) is 3.97. The van der Waals surface area contributed by atoms with Gasteiger partial charge in [-0.05, 0) is 38.1 Å². The molecule has 104 valence electrons. The lowest BCUT2D eigenvalue weighted by molar-refractivity contribution is 0.0697. The van der Waals surface area contributed by atoms with E-state index >= 15 is 0 Å². The number of carbonyl (C=O) groups is 1. The van der Waals surface area contributed by atoms with Gasteiger partial charge in [-0.1, -0.05) is 13.0 Å². The average Bonchev–Trinajstić information content (AvgIpc) is 2.38. The number of likely N-dealkylation sites (N-methyl/N-ethyl adjacent to an activating group) is 1. The van der Waals surface area contributed by atoms with Crippen LogP contribution in [0.25, 0.3) is 0 Å². The van der Waals surface area contributed by atoms with Gasteiger partial charge in [-0.2, -0.15) is 0 Å². The number of anilines is 1. The number of hydrogen-bond acceptors (Lipinski definition) is 3. The highest BCUT2D eigenvalue weighted by Gasteiger charge is 2.25. The molecule has 19 heavy (non-hydrogen) atoms. The highest BCUT2D eigenvalue weighted by Crippen LogP contribution is 2.25. The molecular weight excluding hydrogens is 240 g/mol. The summed E-state index contributed by atoms with van der Waals surface area (Å²) in [5.41, 5.74) is 2.37. The minimum Gasteiger partial charge on any atom is -0.478 e. The van der Waals surface area contributed by atoms with E-state index in [1.165, 1.54) is 0 Å². The smallest absolute Gasteiger partial charge is 0.337 e. The van der Waals surface area contributed by atoms with Gasteiger partial charge in [-0.3, -0.25) is 4.90 Å². The van der Waals surface area contributed by atoms with Gasteiger partial charge < -0.3 is 10.0 Å². The predicted molar refractivity (Wildman–Crippen MR) is 77.1 cm³/mol. The zero-order chi connectivity index (χ0) is 14.0. The average molecular weight is 262 g/mol. The molecule has 1 aliphatic rings. The van der Waals surface area contributed by atoms with Gasteiger partial charge in [-0.25, -0.2) is 4.79 Å². The summed E-state index contributed by atoms with van der Waals surface area (Å²) in [6.45, 7) is 6.94. The number of carboxylic acids is 1. The monoisotopic (exact) mass is 262 g/mol. The molecule has 1 N–H and O–H groups in total. The SMILES string of the molecule is CCC1CN(c2cc(C)ccc2C(=O)O)CCN1C. The molecule has 1 saturated heterocycles. The van der Waals surface area contributed by atoms with Crippen LogP contribution in [-0.4, -0.2) is 48.7 Å². The fourth-order valence-electron chi connectivity index (χ4n) is 2.69.